The van der Waals surface area contributed by atoms with Gasteiger partial charge in [0.25, 0.3) is 5.91 Å². The van der Waals surface area contributed by atoms with Gasteiger partial charge in [0.1, 0.15) is 10.1 Å². The first-order chi connectivity index (χ1) is 17.4. The fraction of sp³-hybridized carbons (Fsp3) is 0.552. The maximum atomic E-state index is 12.4. The molecule has 0 aliphatic rings. The van der Waals surface area contributed by atoms with Crippen LogP contribution in [-0.2, 0) is 10.1 Å². The van der Waals surface area contributed by atoms with E-state index in [0.29, 0.717) is 11.3 Å². The summed E-state index contributed by atoms with van der Waals surface area (Å²) in [6.07, 6.45) is 18.9. The average molecular weight is 539 g/mol. The summed E-state index contributed by atoms with van der Waals surface area (Å²) < 4.78 is 33.0. The monoisotopic (exact) mass is 538 g/mol. The summed E-state index contributed by atoms with van der Waals surface area (Å²) >= 11 is 0. The van der Waals surface area contributed by atoms with E-state index in [2.05, 4.69) is 17.6 Å². The van der Waals surface area contributed by atoms with Crippen molar-refractivity contribution >= 4 is 27.4 Å². The number of amides is 1. The van der Waals surface area contributed by atoms with Crippen molar-refractivity contribution in [2.24, 2.45) is 0 Å². The van der Waals surface area contributed by atoms with Crippen LogP contribution in [0.25, 0.3) is 0 Å². The Morgan fingerprint density at radius 2 is 1.11 bits per heavy atom. The van der Waals surface area contributed by atoms with Crippen molar-refractivity contribution in [3.05, 3.63) is 54.1 Å². The van der Waals surface area contributed by atoms with Crippen molar-refractivity contribution in [1.29, 1.82) is 0 Å². The van der Waals surface area contributed by atoms with Crippen molar-refractivity contribution < 1.29 is 47.3 Å². The SMILES string of the molecule is CCCCCCCCCCCCCCCCNc1ccc(C(=O)Nc2ccc(S(=O)(=O)[O-])cc2)cc1.[Na+]. The Bertz CT molecular complexity index is 980. The van der Waals surface area contributed by atoms with Crippen LogP contribution in [0.4, 0.5) is 11.4 Å². The summed E-state index contributed by atoms with van der Waals surface area (Å²) in [5.74, 6) is -0.300. The van der Waals surface area contributed by atoms with Gasteiger partial charge in [0.05, 0.1) is 4.90 Å². The summed E-state index contributed by atoms with van der Waals surface area (Å²) in [6.45, 7) is 3.18. The van der Waals surface area contributed by atoms with E-state index >= 15 is 0 Å². The second kappa shape index (κ2) is 19.7. The number of hydrogen-bond acceptors (Lipinski definition) is 5. The third kappa shape index (κ3) is 15.0. The van der Waals surface area contributed by atoms with E-state index in [-0.39, 0.29) is 40.4 Å². The van der Waals surface area contributed by atoms with Crippen LogP contribution in [0.2, 0.25) is 0 Å². The molecule has 0 saturated carbocycles. The second-order valence-corrected chi connectivity index (χ2v) is 10.9. The minimum atomic E-state index is -4.50. The summed E-state index contributed by atoms with van der Waals surface area (Å²) in [5.41, 5.74) is 1.90. The smallest absolute Gasteiger partial charge is 0.744 e. The number of hydrogen-bond donors (Lipinski definition) is 2. The molecular formula is C29H43N2NaO4S. The molecule has 2 rings (SSSR count). The summed E-state index contributed by atoms with van der Waals surface area (Å²) in [4.78, 5) is 12.1. The Morgan fingerprint density at radius 3 is 1.57 bits per heavy atom. The third-order valence-corrected chi connectivity index (χ3v) is 7.26. The molecule has 0 aliphatic carbocycles. The van der Waals surface area contributed by atoms with Gasteiger partial charge in [0.15, 0.2) is 0 Å². The molecule has 2 N–H and O–H groups in total. The molecule has 0 heterocycles. The van der Waals surface area contributed by atoms with Gasteiger partial charge in [-0.3, -0.25) is 4.79 Å². The zero-order chi connectivity index (χ0) is 26.1. The van der Waals surface area contributed by atoms with Gasteiger partial charge in [-0.1, -0.05) is 90.4 Å². The fourth-order valence-electron chi connectivity index (χ4n) is 4.20. The zero-order valence-corrected chi connectivity index (χ0v) is 25.6. The van der Waals surface area contributed by atoms with Crippen LogP contribution in [0.5, 0.6) is 0 Å². The normalized spacial score (nSPS) is 11.1. The van der Waals surface area contributed by atoms with Crippen molar-refractivity contribution in [2.45, 2.75) is 102 Å². The molecule has 2 aromatic carbocycles. The Morgan fingerprint density at radius 1 is 0.676 bits per heavy atom. The number of unbranched alkanes of at least 4 members (excludes halogenated alkanes) is 13. The molecule has 0 aliphatic heterocycles. The standard InChI is InChI=1S/C29H44N2O4S.Na/c1-2-3-4-5-6-7-8-9-10-11-12-13-14-15-24-30-26-18-16-25(17-19-26)29(32)31-27-20-22-28(23-21-27)36(33,34)35;/h16-23,30H,2-15,24H2,1H3,(H,31,32)(H,33,34,35);/q;+1/p-1. The van der Waals surface area contributed by atoms with E-state index in [9.17, 15) is 17.8 Å². The Kier molecular flexibility index (Phi) is 17.9. The van der Waals surface area contributed by atoms with Crippen molar-refractivity contribution in [2.75, 3.05) is 17.2 Å². The number of nitrogens with one attached hydrogen (secondary N) is 2. The van der Waals surface area contributed by atoms with Crippen LogP contribution >= 0.6 is 0 Å². The molecule has 8 heteroatoms. The molecule has 0 unspecified atom stereocenters. The van der Waals surface area contributed by atoms with Crippen molar-refractivity contribution in [1.82, 2.24) is 0 Å². The van der Waals surface area contributed by atoms with E-state index in [1.165, 1.54) is 108 Å². The molecule has 0 spiro atoms. The molecule has 0 radical (unpaired) electrons. The maximum Gasteiger partial charge on any atom is 1.00 e. The molecule has 0 saturated heterocycles. The summed E-state index contributed by atoms with van der Waals surface area (Å²) in [5, 5.41) is 6.11. The summed E-state index contributed by atoms with van der Waals surface area (Å²) in [6, 6.07) is 12.4. The average Bonchev–Trinajstić information content (AvgIpc) is 2.86. The second-order valence-electron chi connectivity index (χ2n) is 9.53. The fourth-order valence-corrected chi connectivity index (χ4v) is 4.67. The topological polar surface area (TPSA) is 98.3 Å². The predicted octanol–water partition coefficient (Wildman–Crippen LogP) is 4.74. The first-order valence-electron chi connectivity index (χ1n) is 13.6. The van der Waals surface area contributed by atoms with Crippen LogP contribution in [0.15, 0.2) is 53.4 Å². The molecule has 0 bridgehead atoms. The largest absolute Gasteiger partial charge is 1.00 e. The van der Waals surface area contributed by atoms with Crippen LogP contribution < -0.4 is 40.2 Å². The van der Waals surface area contributed by atoms with E-state index in [1.54, 1.807) is 12.1 Å². The minimum absolute atomic E-state index is 0. The number of carbonyl (C=O) groups is 1. The molecule has 2 aromatic rings. The first kappa shape index (κ1) is 33.6. The molecule has 0 aromatic heterocycles. The van der Waals surface area contributed by atoms with E-state index < -0.39 is 10.1 Å². The van der Waals surface area contributed by atoms with Gasteiger partial charge in [-0.2, -0.15) is 0 Å². The summed E-state index contributed by atoms with van der Waals surface area (Å²) in [7, 11) is -4.50. The molecule has 37 heavy (non-hydrogen) atoms. The Hall–Kier alpha value is -1.38. The minimum Gasteiger partial charge on any atom is -0.744 e. The molecule has 0 fully saturated rings. The molecule has 200 valence electrons. The van der Waals surface area contributed by atoms with Crippen LogP contribution in [0, 0.1) is 0 Å². The van der Waals surface area contributed by atoms with Gasteiger partial charge in [-0.15, -0.1) is 0 Å². The molecular weight excluding hydrogens is 495 g/mol. The van der Waals surface area contributed by atoms with Crippen LogP contribution in [-0.4, -0.2) is 25.4 Å². The van der Waals surface area contributed by atoms with Gasteiger partial charge in [-0.25, -0.2) is 8.42 Å². The number of carbonyl (C=O) groups excluding carboxylic acids is 1. The van der Waals surface area contributed by atoms with Gasteiger partial charge in [0.2, 0.25) is 0 Å². The Labute approximate surface area is 246 Å². The van der Waals surface area contributed by atoms with Gasteiger partial charge in [0, 0.05) is 23.5 Å². The van der Waals surface area contributed by atoms with Gasteiger partial charge >= 0.3 is 29.6 Å². The first-order valence-corrected chi connectivity index (χ1v) is 15.0. The van der Waals surface area contributed by atoms with E-state index in [0.717, 1.165) is 18.7 Å². The molecule has 0 atom stereocenters. The third-order valence-electron chi connectivity index (χ3n) is 6.41. The van der Waals surface area contributed by atoms with Crippen LogP contribution in [0.3, 0.4) is 0 Å². The van der Waals surface area contributed by atoms with Gasteiger partial charge in [-0.05, 0) is 55.0 Å². The maximum absolute atomic E-state index is 12.4. The quantitative estimate of drug-likeness (QED) is 0.153. The van der Waals surface area contributed by atoms with E-state index in [4.69, 9.17) is 0 Å². The zero-order valence-electron chi connectivity index (χ0n) is 22.8. The molecule has 6 nitrogen and oxygen atoms in total. The molecule has 1 amide bonds. The number of benzene rings is 2. The predicted molar refractivity (Wildman–Crippen MR) is 148 cm³/mol. The number of rotatable bonds is 19. The van der Waals surface area contributed by atoms with Crippen molar-refractivity contribution in [3.8, 4) is 0 Å². The Balaban J connectivity index is 0.00000684. The number of anilines is 2. The van der Waals surface area contributed by atoms with Crippen molar-refractivity contribution in [3.63, 3.8) is 0 Å². The van der Waals surface area contributed by atoms with Gasteiger partial charge < -0.3 is 15.2 Å². The van der Waals surface area contributed by atoms with Crippen LogP contribution in [0.1, 0.15) is 107 Å². The van der Waals surface area contributed by atoms with E-state index in [1.807, 2.05) is 12.1 Å².